The molecule has 1 amide bonds. The number of hydrogen-bond acceptors (Lipinski definition) is 5. The largest absolute Gasteiger partial charge is 0.496 e. The summed E-state index contributed by atoms with van der Waals surface area (Å²) >= 11 is 0. The van der Waals surface area contributed by atoms with Crippen molar-refractivity contribution in [3.8, 4) is 17.1 Å². The van der Waals surface area contributed by atoms with Crippen molar-refractivity contribution in [3.05, 3.63) is 47.6 Å². The SMILES string of the molecule is COc1ccc(-c2ocnc2C(=O)NCCCC2=CN=CC(F)C2)cc1C(C)(C)C. The van der Waals surface area contributed by atoms with Crippen molar-refractivity contribution < 1.29 is 18.3 Å². The number of hydrogen-bond donors (Lipinski definition) is 1. The Bertz CT molecular complexity index is 957. The highest BCUT2D eigenvalue weighted by Crippen LogP contribution is 2.35. The van der Waals surface area contributed by atoms with Crippen LogP contribution in [0.1, 0.15) is 56.1 Å². The lowest BCUT2D eigenvalue weighted by Gasteiger charge is -2.22. The van der Waals surface area contributed by atoms with E-state index in [0.29, 0.717) is 31.6 Å². The number of amides is 1. The van der Waals surface area contributed by atoms with Gasteiger partial charge in [-0.2, -0.15) is 0 Å². The van der Waals surface area contributed by atoms with Crippen LogP contribution < -0.4 is 10.1 Å². The van der Waals surface area contributed by atoms with E-state index in [9.17, 15) is 9.18 Å². The molecule has 1 aromatic heterocycles. The van der Waals surface area contributed by atoms with E-state index >= 15 is 0 Å². The summed E-state index contributed by atoms with van der Waals surface area (Å²) in [4.78, 5) is 20.7. The molecule has 0 saturated heterocycles. The number of carbonyl (C=O) groups is 1. The number of methoxy groups -OCH3 is 1. The summed E-state index contributed by atoms with van der Waals surface area (Å²) in [5, 5.41) is 2.87. The van der Waals surface area contributed by atoms with Gasteiger partial charge in [-0.25, -0.2) is 9.37 Å². The van der Waals surface area contributed by atoms with E-state index in [-0.39, 0.29) is 17.0 Å². The lowest BCUT2D eigenvalue weighted by molar-refractivity contribution is 0.0949. The third kappa shape index (κ3) is 5.14. The van der Waals surface area contributed by atoms with Gasteiger partial charge >= 0.3 is 0 Å². The Balaban J connectivity index is 1.67. The first kappa shape index (κ1) is 21.7. The number of benzene rings is 1. The van der Waals surface area contributed by atoms with Gasteiger partial charge in [0, 0.05) is 36.5 Å². The molecule has 160 valence electrons. The average molecular weight is 413 g/mol. The highest BCUT2D eigenvalue weighted by atomic mass is 19.1. The van der Waals surface area contributed by atoms with Gasteiger partial charge in [-0.05, 0) is 42.0 Å². The standard InChI is InChI=1S/C23H28FN3O3/c1-23(2,3)18-11-16(7-8-19(18)29-4)21-20(27-14-30-21)22(28)26-9-5-6-15-10-17(24)13-25-12-15/h7-8,11-14,17H,5-6,9-10H2,1-4H3,(H,26,28). The maximum Gasteiger partial charge on any atom is 0.273 e. The molecule has 1 aliphatic rings. The Morgan fingerprint density at radius 1 is 1.37 bits per heavy atom. The second kappa shape index (κ2) is 9.24. The van der Waals surface area contributed by atoms with E-state index in [4.69, 9.17) is 9.15 Å². The molecule has 1 atom stereocenters. The Hall–Kier alpha value is -2.96. The molecule has 0 aliphatic carbocycles. The highest BCUT2D eigenvalue weighted by molar-refractivity contribution is 5.97. The van der Waals surface area contributed by atoms with E-state index in [1.807, 2.05) is 18.2 Å². The molecule has 0 radical (unpaired) electrons. The van der Waals surface area contributed by atoms with Crippen LogP contribution in [0.2, 0.25) is 0 Å². The van der Waals surface area contributed by atoms with Crippen molar-refractivity contribution >= 4 is 12.1 Å². The van der Waals surface area contributed by atoms with E-state index in [0.717, 1.165) is 22.4 Å². The number of halogens is 1. The van der Waals surface area contributed by atoms with Crippen LogP contribution in [0.3, 0.4) is 0 Å². The van der Waals surface area contributed by atoms with Gasteiger partial charge in [-0.1, -0.05) is 20.8 Å². The molecular formula is C23H28FN3O3. The Morgan fingerprint density at radius 2 is 2.17 bits per heavy atom. The minimum atomic E-state index is -1.01. The van der Waals surface area contributed by atoms with Crippen molar-refractivity contribution in [1.29, 1.82) is 0 Å². The van der Waals surface area contributed by atoms with Crippen molar-refractivity contribution in [2.75, 3.05) is 13.7 Å². The molecule has 1 aromatic carbocycles. The van der Waals surface area contributed by atoms with Gasteiger partial charge < -0.3 is 14.5 Å². The first-order valence-electron chi connectivity index (χ1n) is 10.1. The van der Waals surface area contributed by atoms with Gasteiger partial charge in [0.2, 0.25) is 0 Å². The molecule has 7 heteroatoms. The number of rotatable bonds is 7. The Labute approximate surface area is 176 Å². The maximum absolute atomic E-state index is 13.3. The predicted octanol–water partition coefficient (Wildman–Crippen LogP) is 4.85. The van der Waals surface area contributed by atoms with E-state index in [2.05, 4.69) is 36.1 Å². The Kier molecular flexibility index (Phi) is 6.70. The van der Waals surface area contributed by atoms with E-state index in [1.54, 1.807) is 13.3 Å². The molecule has 1 unspecified atom stereocenters. The van der Waals surface area contributed by atoms with Gasteiger partial charge in [-0.15, -0.1) is 0 Å². The van der Waals surface area contributed by atoms with Gasteiger partial charge in [-0.3, -0.25) is 9.79 Å². The molecule has 6 nitrogen and oxygen atoms in total. The minimum absolute atomic E-state index is 0.139. The molecule has 1 aliphatic heterocycles. The van der Waals surface area contributed by atoms with Crippen LogP contribution in [0.4, 0.5) is 4.39 Å². The number of alkyl halides is 1. The minimum Gasteiger partial charge on any atom is -0.496 e. The molecule has 0 bridgehead atoms. The number of aromatic nitrogens is 1. The predicted molar refractivity (Wildman–Crippen MR) is 115 cm³/mol. The molecule has 30 heavy (non-hydrogen) atoms. The average Bonchev–Trinajstić information content (AvgIpc) is 3.20. The third-order valence-electron chi connectivity index (χ3n) is 4.97. The van der Waals surface area contributed by atoms with Crippen molar-refractivity contribution in [2.45, 2.75) is 51.6 Å². The van der Waals surface area contributed by atoms with Gasteiger partial charge in [0.05, 0.1) is 7.11 Å². The van der Waals surface area contributed by atoms with Crippen LogP contribution in [0.15, 0.2) is 45.8 Å². The summed E-state index contributed by atoms with van der Waals surface area (Å²) in [7, 11) is 1.64. The van der Waals surface area contributed by atoms with Crippen molar-refractivity contribution in [2.24, 2.45) is 4.99 Å². The number of aliphatic imine (C=N–C) groups is 1. The first-order valence-corrected chi connectivity index (χ1v) is 10.1. The summed E-state index contributed by atoms with van der Waals surface area (Å²) in [6, 6.07) is 5.70. The lowest BCUT2D eigenvalue weighted by atomic mass is 9.85. The molecule has 2 heterocycles. The normalized spacial score (nSPS) is 16.3. The number of carbonyl (C=O) groups excluding carboxylic acids is 1. The van der Waals surface area contributed by atoms with Crippen LogP contribution in [0.5, 0.6) is 5.75 Å². The number of oxazole rings is 1. The van der Waals surface area contributed by atoms with Gasteiger partial charge in [0.1, 0.15) is 11.9 Å². The second-order valence-electron chi connectivity index (χ2n) is 8.36. The van der Waals surface area contributed by atoms with Crippen LogP contribution in [0.25, 0.3) is 11.3 Å². The van der Waals surface area contributed by atoms with E-state index in [1.165, 1.54) is 12.6 Å². The van der Waals surface area contributed by atoms with Crippen LogP contribution >= 0.6 is 0 Å². The molecule has 0 fully saturated rings. The maximum atomic E-state index is 13.3. The van der Waals surface area contributed by atoms with Crippen molar-refractivity contribution in [3.63, 3.8) is 0 Å². The molecule has 2 aromatic rings. The van der Waals surface area contributed by atoms with Gasteiger partial charge in [0.25, 0.3) is 5.91 Å². The molecule has 0 spiro atoms. The first-order chi connectivity index (χ1) is 14.3. The van der Waals surface area contributed by atoms with Gasteiger partial charge in [0.15, 0.2) is 17.8 Å². The summed E-state index contributed by atoms with van der Waals surface area (Å²) < 4.78 is 24.4. The third-order valence-corrected chi connectivity index (χ3v) is 4.97. The summed E-state index contributed by atoms with van der Waals surface area (Å²) in [6.07, 6.45) is 5.03. The quantitative estimate of drug-likeness (QED) is 0.658. The zero-order chi connectivity index (χ0) is 21.7. The van der Waals surface area contributed by atoms with Crippen molar-refractivity contribution in [1.82, 2.24) is 10.3 Å². The van der Waals surface area contributed by atoms with Crippen LogP contribution in [0, 0.1) is 0 Å². The fourth-order valence-electron chi connectivity index (χ4n) is 3.41. The number of nitrogens with one attached hydrogen (secondary N) is 1. The number of ether oxygens (including phenoxy) is 1. The summed E-state index contributed by atoms with van der Waals surface area (Å²) in [6.45, 7) is 6.75. The van der Waals surface area contributed by atoms with Crippen LogP contribution in [-0.4, -0.2) is 36.9 Å². The molecule has 3 rings (SSSR count). The topological polar surface area (TPSA) is 76.7 Å². The van der Waals surface area contributed by atoms with E-state index < -0.39 is 6.17 Å². The zero-order valence-electron chi connectivity index (χ0n) is 17.9. The molecular weight excluding hydrogens is 385 g/mol. The number of nitrogens with zero attached hydrogens (tertiary/aromatic N) is 2. The highest BCUT2D eigenvalue weighted by Gasteiger charge is 2.23. The lowest BCUT2D eigenvalue weighted by Crippen LogP contribution is -2.25. The second-order valence-corrected chi connectivity index (χ2v) is 8.36. The fourth-order valence-corrected chi connectivity index (χ4v) is 3.41. The smallest absolute Gasteiger partial charge is 0.273 e. The Morgan fingerprint density at radius 3 is 2.87 bits per heavy atom. The number of allylic oxidation sites excluding steroid dienone is 1. The zero-order valence-corrected chi connectivity index (χ0v) is 17.9. The van der Waals surface area contributed by atoms with Crippen LogP contribution in [-0.2, 0) is 5.41 Å². The monoisotopic (exact) mass is 413 g/mol. The fraction of sp³-hybridized carbons (Fsp3) is 0.435. The summed E-state index contributed by atoms with van der Waals surface area (Å²) in [5.74, 6) is 0.907. The molecule has 1 N–H and O–H groups in total. The molecule has 0 saturated carbocycles. The summed E-state index contributed by atoms with van der Waals surface area (Å²) in [5.41, 5.74) is 2.84.